The first-order chi connectivity index (χ1) is 9.86. The molecule has 0 aliphatic rings. The largest absolute Gasteiger partial charge is 0.481 e. The zero-order chi connectivity index (χ0) is 15.7. The van der Waals surface area contributed by atoms with Crippen LogP contribution in [0.15, 0.2) is 0 Å². The van der Waals surface area contributed by atoms with Gasteiger partial charge in [-0.1, -0.05) is 6.92 Å². The van der Waals surface area contributed by atoms with E-state index in [-0.39, 0.29) is 6.61 Å². The topological polar surface area (TPSA) is 88.2 Å². The minimum absolute atomic E-state index is 0.00773. The molecular weight excluding hydrogens is 270 g/mol. The van der Waals surface area contributed by atoms with Crippen molar-refractivity contribution in [2.45, 2.75) is 40.7 Å². The number of carbonyl (C=O) groups is 1. The number of rotatable bonds is 5. The Bertz CT molecular complexity index is 691. The number of aromatic nitrogens is 3. The maximum Gasteiger partial charge on any atom is 0.306 e. The van der Waals surface area contributed by atoms with Gasteiger partial charge < -0.3 is 10.2 Å². The summed E-state index contributed by atoms with van der Waals surface area (Å²) in [6.07, 6.45) is 0.459. The van der Waals surface area contributed by atoms with Gasteiger partial charge in [0.15, 0.2) is 5.65 Å². The molecular formula is C15H21N3O3. The van der Waals surface area contributed by atoms with E-state index < -0.39 is 11.9 Å². The van der Waals surface area contributed by atoms with E-state index in [1.54, 1.807) is 11.6 Å². The molecule has 1 unspecified atom stereocenters. The molecule has 2 aromatic rings. The molecule has 2 aromatic heterocycles. The molecule has 0 aromatic carbocycles. The average Bonchev–Trinajstić information content (AvgIpc) is 2.71. The van der Waals surface area contributed by atoms with Crippen molar-refractivity contribution in [2.24, 2.45) is 5.92 Å². The third kappa shape index (κ3) is 2.76. The van der Waals surface area contributed by atoms with Crippen LogP contribution in [0.4, 0.5) is 0 Å². The molecule has 1 atom stereocenters. The van der Waals surface area contributed by atoms with Crippen LogP contribution in [-0.4, -0.2) is 37.6 Å². The molecule has 0 bridgehead atoms. The lowest BCUT2D eigenvalue weighted by Gasteiger charge is -2.13. The highest BCUT2D eigenvalue weighted by Gasteiger charge is 2.20. The summed E-state index contributed by atoms with van der Waals surface area (Å²) in [5, 5.41) is 23.6. The van der Waals surface area contributed by atoms with E-state index in [0.717, 1.165) is 33.5 Å². The lowest BCUT2D eigenvalue weighted by molar-refractivity contribution is -0.141. The van der Waals surface area contributed by atoms with Crippen LogP contribution < -0.4 is 0 Å². The highest BCUT2D eigenvalue weighted by molar-refractivity contribution is 5.83. The van der Waals surface area contributed by atoms with Crippen LogP contribution in [0.25, 0.3) is 11.0 Å². The van der Waals surface area contributed by atoms with Crippen molar-refractivity contribution in [3.05, 3.63) is 22.5 Å². The second-order valence-corrected chi connectivity index (χ2v) is 5.47. The quantitative estimate of drug-likeness (QED) is 0.873. The van der Waals surface area contributed by atoms with Crippen LogP contribution in [0.2, 0.25) is 0 Å². The van der Waals surface area contributed by atoms with Gasteiger partial charge in [0.25, 0.3) is 0 Å². The second-order valence-electron chi connectivity index (χ2n) is 5.47. The first-order valence-electron chi connectivity index (χ1n) is 7.03. The van der Waals surface area contributed by atoms with Crippen molar-refractivity contribution in [3.63, 3.8) is 0 Å². The molecule has 0 amide bonds. The number of carboxylic acids is 1. The van der Waals surface area contributed by atoms with Gasteiger partial charge in [-0.2, -0.15) is 5.10 Å². The van der Waals surface area contributed by atoms with Crippen LogP contribution in [0, 0.1) is 26.7 Å². The standard InChI is InChI=1S/C15H21N3O3/c1-8(15(20)21)7-12-9(2)13-11(4)17-18(5-6-19)14(13)16-10(12)3/h8,19H,5-7H2,1-4H3,(H,20,21). The van der Waals surface area contributed by atoms with Gasteiger partial charge in [0.2, 0.25) is 0 Å². The number of aliphatic hydroxyl groups is 1. The number of aryl methyl sites for hydroxylation is 3. The Kier molecular flexibility index (Phi) is 4.27. The molecule has 114 valence electrons. The monoisotopic (exact) mass is 291 g/mol. The van der Waals surface area contributed by atoms with Crippen molar-refractivity contribution in [1.82, 2.24) is 14.8 Å². The van der Waals surface area contributed by atoms with Crippen LogP contribution >= 0.6 is 0 Å². The summed E-state index contributed by atoms with van der Waals surface area (Å²) in [4.78, 5) is 15.7. The summed E-state index contributed by atoms with van der Waals surface area (Å²) < 4.78 is 1.70. The fourth-order valence-corrected chi connectivity index (χ4v) is 2.72. The highest BCUT2D eigenvalue weighted by Crippen LogP contribution is 2.27. The molecule has 0 radical (unpaired) electrons. The van der Waals surface area contributed by atoms with Gasteiger partial charge in [0.1, 0.15) is 0 Å². The number of carboxylic acid groups (broad SMARTS) is 1. The maximum atomic E-state index is 11.1. The van der Waals surface area contributed by atoms with Gasteiger partial charge in [0, 0.05) is 11.1 Å². The normalized spacial score (nSPS) is 12.8. The number of aliphatic hydroxyl groups excluding tert-OH is 1. The van der Waals surface area contributed by atoms with Gasteiger partial charge >= 0.3 is 5.97 Å². The van der Waals surface area contributed by atoms with Crippen LogP contribution in [0.5, 0.6) is 0 Å². The van der Waals surface area contributed by atoms with Crippen LogP contribution in [0.3, 0.4) is 0 Å². The molecule has 2 rings (SSSR count). The first kappa shape index (κ1) is 15.4. The lowest BCUT2D eigenvalue weighted by Crippen LogP contribution is -2.14. The summed E-state index contributed by atoms with van der Waals surface area (Å²) in [5.74, 6) is -1.25. The molecule has 21 heavy (non-hydrogen) atoms. The van der Waals surface area contributed by atoms with Gasteiger partial charge in [0.05, 0.1) is 24.8 Å². The van der Waals surface area contributed by atoms with E-state index in [1.807, 2.05) is 20.8 Å². The summed E-state index contributed by atoms with van der Waals surface area (Å²) in [6, 6.07) is 0. The number of pyridine rings is 1. The molecule has 0 aliphatic carbocycles. The molecule has 2 N–H and O–H groups in total. The van der Waals surface area contributed by atoms with E-state index in [1.165, 1.54) is 0 Å². The second kappa shape index (κ2) is 5.81. The Morgan fingerprint density at radius 1 is 1.29 bits per heavy atom. The summed E-state index contributed by atoms with van der Waals surface area (Å²) in [7, 11) is 0. The number of fused-ring (bicyclic) bond motifs is 1. The molecule has 2 heterocycles. The zero-order valence-electron chi connectivity index (χ0n) is 12.8. The molecule has 0 fully saturated rings. The fraction of sp³-hybridized carbons (Fsp3) is 0.533. The Morgan fingerprint density at radius 2 is 1.95 bits per heavy atom. The Labute approximate surface area is 123 Å². The first-order valence-corrected chi connectivity index (χ1v) is 7.03. The SMILES string of the molecule is Cc1nc2c(c(C)nn2CCO)c(C)c1CC(C)C(=O)O. The third-order valence-corrected chi connectivity index (χ3v) is 3.88. The Balaban J connectivity index is 2.59. The summed E-state index contributed by atoms with van der Waals surface area (Å²) in [5.41, 5.74) is 4.44. The van der Waals surface area contributed by atoms with Gasteiger partial charge in [-0.25, -0.2) is 9.67 Å². The van der Waals surface area contributed by atoms with E-state index in [4.69, 9.17) is 10.2 Å². The van der Waals surface area contributed by atoms with Gasteiger partial charge in [-0.05, 0) is 38.3 Å². The molecule has 0 saturated heterocycles. The predicted molar refractivity (Wildman–Crippen MR) is 79.3 cm³/mol. The summed E-state index contributed by atoms with van der Waals surface area (Å²) >= 11 is 0. The molecule has 6 nitrogen and oxygen atoms in total. The lowest BCUT2D eigenvalue weighted by atomic mass is 9.94. The molecule has 6 heteroatoms. The number of hydrogen-bond acceptors (Lipinski definition) is 4. The van der Waals surface area contributed by atoms with E-state index in [0.29, 0.717) is 13.0 Å². The van der Waals surface area contributed by atoms with Crippen molar-refractivity contribution < 1.29 is 15.0 Å². The van der Waals surface area contributed by atoms with Gasteiger partial charge in [-0.15, -0.1) is 0 Å². The minimum Gasteiger partial charge on any atom is -0.481 e. The van der Waals surface area contributed by atoms with Crippen molar-refractivity contribution in [1.29, 1.82) is 0 Å². The number of aliphatic carboxylic acids is 1. The molecule has 0 aliphatic heterocycles. The number of nitrogens with zero attached hydrogens (tertiary/aromatic N) is 3. The van der Waals surface area contributed by atoms with E-state index in [2.05, 4.69) is 10.1 Å². The van der Waals surface area contributed by atoms with Crippen LogP contribution in [0.1, 0.15) is 29.4 Å². The maximum absolute atomic E-state index is 11.1. The number of hydrogen-bond donors (Lipinski definition) is 2. The van der Waals surface area contributed by atoms with Crippen LogP contribution in [-0.2, 0) is 17.8 Å². The van der Waals surface area contributed by atoms with Crippen molar-refractivity contribution >= 4 is 17.0 Å². The van der Waals surface area contributed by atoms with E-state index in [9.17, 15) is 4.79 Å². The Hall–Kier alpha value is -1.95. The summed E-state index contributed by atoms with van der Waals surface area (Å²) in [6.45, 7) is 7.90. The molecule has 0 spiro atoms. The van der Waals surface area contributed by atoms with E-state index >= 15 is 0 Å². The smallest absolute Gasteiger partial charge is 0.306 e. The molecule has 0 saturated carbocycles. The fourth-order valence-electron chi connectivity index (χ4n) is 2.72. The Morgan fingerprint density at radius 3 is 2.52 bits per heavy atom. The minimum atomic E-state index is -0.804. The highest BCUT2D eigenvalue weighted by atomic mass is 16.4. The predicted octanol–water partition coefficient (Wildman–Crippen LogP) is 1.61. The third-order valence-electron chi connectivity index (χ3n) is 3.88. The average molecular weight is 291 g/mol. The zero-order valence-corrected chi connectivity index (χ0v) is 12.8. The van der Waals surface area contributed by atoms with Gasteiger partial charge in [-0.3, -0.25) is 4.79 Å². The van der Waals surface area contributed by atoms with Crippen molar-refractivity contribution in [2.75, 3.05) is 6.61 Å². The van der Waals surface area contributed by atoms with Crippen molar-refractivity contribution in [3.8, 4) is 0 Å².